The first-order chi connectivity index (χ1) is 15.9. The first-order valence-corrected chi connectivity index (χ1v) is 10.9. The quantitative estimate of drug-likeness (QED) is 0.572. The Morgan fingerprint density at radius 1 is 1.24 bits per heavy atom. The van der Waals surface area contributed by atoms with Crippen LogP contribution in [-0.2, 0) is 12.1 Å². The Bertz CT molecular complexity index is 1120. The van der Waals surface area contributed by atoms with Crippen molar-refractivity contribution >= 4 is 5.69 Å². The third kappa shape index (κ3) is 4.87. The minimum atomic E-state index is -1.65. The van der Waals surface area contributed by atoms with E-state index >= 15 is 0 Å². The van der Waals surface area contributed by atoms with Gasteiger partial charge in [-0.25, -0.2) is 18.4 Å². The maximum atomic E-state index is 14.8. The second-order valence-electron chi connectivity index (χ2n) is 8.43. The number of anilines is 1. The van der Waals surface area contributed by atoms with Crippen molar-refractivity contribution in [3.8, 4) is 6.07 Å². The number of piperidine rings is 1. The van der Waals surface area contributed by atoms with Crippen LogP contribution < -0.4 is 5.32 Å². The van der Waals surface area contributed by atoms with Gasteiger partial charge < -0.3 is 10.4 Å². The van der Waals surface area contributed by atoms with E-state index in [2.05, 4.69) is 26.4 Å². The molecule has 1 aliphatic heterocycles. The minimum Gasteiger partial charge on any atom is -0.381 e. The third-order valence-corrected chi connectivity index (χ3v) is 6.44. The van der Waals surface area contributed by atoms with Crippen LogP contribution in [-0.4, -0.2) is 49.9 Å². The van der Waals surface area contributed by atoms with Crippen molar-refractivity contribution in [3.63, 3.8) is 0 Å². The number of rotatable bonds is 7. The van der Waals surface area contributed by atoms with Crippen molar-refractivity contribution in [1.29, 1.82) is 5.26 Å². The molecule has 0 unspecified atom stereocenters. The van der Waals surface area contributed by atoms with Crippen LogP contribution in [0.2, 0.25) is 0 Å². The van der Waals surface area contributed by atoms with E-state index < -0.39 is 23.3 Å². The van der Waals surface area contributed by atoms with Crippen molar-refractivity contribution in [2.45, 2.75) is 44.0 Å². The Morgan fingerprint density at radius 2 is 2.00 bits per heavy atom. The van der Waals surface area contributed by atoms with Gasteiger partial charge in [0.05, 0.1) is 17.8 Å². The number of nitriles is 1. The summed E-state index contributed by atoms with van der Waals surface area (Å²) < 4.78 is 29.8. The van der Waals surface area contributed by atoms with E-state index in [1.807, 2.05) is 25.1 Å². The average molecular weight is 453 g/mol. The number of hydrogen-bond acceptors (Lipinski definition) is 6. The number of benzene rings is 2. The molecule has 2 N–H and O–H groups in total. The first-order valence-electron chi connectivity index (χ1n) is 10.9. The van der Waals surface area contributed by atoms with Gasteiger partial charge in [-0.05, 0) is 38.0 Å². The van der Waals surface area contributed by atoms with E-state index in [0.717, 1.165) is 30.7 Å². The number of aromatic nitrogens is 3. The van der Waals surface area contributed by atoms with Gasteiger partial charge in [-0.3, -0.25) is 4.90 Å². The van der Waals surface area contributed by atoms with Crippen molar-refractivity contribution in [3.05, 3.63) is 77.9 Å². The van der Waals surface area contributed by atoms with Crippen molar-refractivity contribution in [2.75, 3.05) is 18.4 Å². The summed E-state index contributed by atoms with van der Waals surface area (Å²) in [6.45, 7) is 3.15. The Kier molecular flexibility index (Phi) is 6.67. The number of halogens is 2. The third-order valence-electron chi connectivity index (χ3n) is 6.44. The summed E-state index contributed by atoms with van der Waals surface area (Å²) in [6, 6.07) is 12.5. The number of hydrogen-bond donors (Lipinski definition) is 2. The monoisotopic (exact) mass is 452 g/mol. The highest BCUT2D eigenvalue weighted by Crippen LogP contribution is 2.34. The number of likely N-dealkylation sites (tertiary alicyclic amines) is 1. The normalized spacial score (nSPS) is 17.8. The highest BCUT2D eigenvalue weighted by atomic mass is 19.1. The molecule has 0 radical (unpaired) electrons. The molecule has 7 nitrogen and oxygen atoms in total. The lowest BCUT2D eigenvalue weighted by Gasteiger charge is -2.44. The topological polar surface area (TPSA) is 90.0 Å². The molecule has 2 heterocycles. The van der Waals surface area contributed by atoms with Crippen LogP contribution in [0.25, 0.3) is 0 Å². The average Bonchev–Trinajstić information content (AvgIpc) is 3.32. The van der Waals surface area contributed by atoms with Crippen molar-refractivity contribution in [1.82, 2.24) is 19.7 Å². The molecule has 1 saturated heterocycles. The van der Waals surface area contributed by atoms with Crippen LogP contribution in [0.1, 0.15) is 30.9 Å². The second kappa shape index (κ2) is 9.65. The fourth-order valence-corrected chi connectivity index (χ4v) is 4.50. The van der Waals surface area contributed by atoms with E-state index in [0.29, 0.717) is 18.7 Å². The Balaban J connectivity index is 1.51. The highest BCUT2D eigenvalue weighted by Gasteiger charge is 2.42. The van der Waals surface area contributed by atoms with E-state index in [-0.39, 0.29) is 18.2 Å². The summed E-state index contributed by atoms with van der Waals surface area (Å²) in [7, 11) is 0. The SMILES string of the molecule is C[C@@H](N1CCC(Nc2ccccc2C#N)CC1)[C@](O)(Cn1cncn1)c1ccc(F)cc1F. The van der Waals surface area contributed by atoms with Gasteiger partial charge in [0.15, 0.2) is 0 Å². The molecule has 1 fully saturated rings. The number of nitrogens with one attached hydrogen (secondary N) is 1. The summed E-state index contributed by atoms with van der Waals surface area (Å²) in [6.07, 6.45) is 4.38. The van der Waals surface area contributed by atoms with Gasteiger partial charge in [-0.15, -0.1) is 0 Å². The van der Waals surface area contributed by atoms with Gasteiger partial charge in [-0.1, -0.05) is 18.2 Å². The Morgan fingerprint density at radius 3 is 2.67 bits per heavy atom. The van der Waals surface area contributed by atoms with E-state index in [1.165, 1.54) is 23.4 Å². The van der Waals surface area contributed by atoms with Gasteiger partial charge in [0.1, 0.15) is 36.0 Å². The number of aliphatic hydroxyl groups is 1. The zero-order valence-corrected chi connectivity index (χ0v) is 18.3. The van der Waals surface area contributed by atoms with E-state index in [9.17, 15) is 19.1 Å². The molecular weight excluding hydrogens is 426 g/mol. The molecule has 0 spiro atoms. The van der Waals surface area contributed by atoms with Gasteiger partial charge in [0.25, 0.3) is 0 Å². The molecule has 33 heavy (non-hydrogen) atoms. The van der Waals surface area contributed by atoms with Crippen LogP contribution in [0, 0.1) is 23.0 Å². The molecule has 172 valence electrons. The summed E-state index contributed by atoms with van der Waals surface area (Å²) in [5, 5.41) is 28.6. The van der Waals surface area contributed by atoms with Crippen LogP contribution in [0.5, 0.6) is 0 Å². The first kappa shape index (κ1) is 22.8. The Hall–Kier alpha value is -3.35. The summed E-state index contributed by atoms with van der Waals surface area (Å²) in [4.78, 5) is 6.02. The lowest BCUT2D eigenvalue weighted by Crippen LogP contribution is -2.55. The summed E-state index contributed by atoms with van der Waals surface area (Å²) >= 11 is 0. The second-order valence-corrected chi connectivity index (χ2v) is 8.43. The zero-order chi connectivity index (χ0) is 23.4. The van der Waals surface area contributed by atoms with Gasteiger partial charge in [0, 0.05) is 36.8 Å². The smallest absolute Gasteiger partial charge is 0.137 e. The number of nitrogens with zero attached hydrogens (tertiary/aromatic N) is 5. The summed E-state index contributed by atoms with van der Waals surface area (Å²) in [5.74, 6) is -1.49. The molecule has 0 bridgehead atoms. The van der Waals surface area contributed by atoms with Crippen LogP contribution >= 0.6 is 0 Å². The highest BCUT2D eigenvalue weighted by molar-refractivity contribution is 5.57. The predicted octanol–water partition coefficient (Wildman–Crippen LogP) is 3.28. The fraction of sp³-hybridized carbons (Fsp3) is 0.375. The zero-order valence-electron chi connectivity index (χ0n) is 18.3. The Labute approximate surface area is 191 Å². The molecule has 1 aromatic heterocycles. The lowest BCUT2D eigenvalue weighted by molar-refractivity contribution is -0.0686. The largest absolute Gasteiger partial charge is 0.381 e. The van der Waals surface area contributed by atoms with Gasteiger partial charge >= 0.3 is 0 Å². The van der Waals surface area contributed by atoms with E-state index in [1.54, 1.807) is 6.07 Å². The molecule has 2 aromatic carbocycles. The van der Waals surface area contributed by atoms with Crippen molar-refractivity contribution in [2.24, 2.45) is 0 Å². The maximum absolute atomic E-state index is 14.8. The molecule has 9 heteroatoms. The van der Waals surface area contributed by atoms with Crippen LogP contribution in [0.3, 0.4) is 0 Å². The molecule has 4 rings (SSSR count). The number of para-hydroxylation sites is 1. The maximum Gasteiger partial charge on any atom is 0.137 e. The van der Waals surface area contributed by atoms with Crippen LogP contribution in [0.4, 0.5) is 14.5 Å². The standard InChI is InChI=1S/C24H26F2N6O/c1-17(31-10-8-20(9-11-31)30-23-5-3-2-4-18(23)13-27)24(33,14-32-16-28-15-29-32)21-7-6-19(25)12-22(21)26/h2-7,12,15-17,20,30,33H,8-11,14H2,1H3/t17-,24-/m1/s1. The predicted molar refractivity (Wildman–Crippen MR) is 119 cm³/mol. The fourth-order valence-electron chi connectivity index (χ4n) is 4.50. The molecule has 0 aliphatic carbocycles. The van der Waals surface area contributed by atoms with Gasteiger partial charge in [-0.2, -0.15) is 10.4 Å². The molecule has 1 aliphatic rings. The summed E-state index contributed by atoms with van der Waals surface area (Å²) in [5.41, 5.74) is -0.223. The molecule has 3 aromatic rings. The molecule has 0 amide bonds. The van der Waals surface area contributed by atoms with E-state index in [4.69, 9.17) is 0 Å². The molecule has 0 saturated carbocycles. The lowest BCUT2D eigenvalue weighted by atomic mass is 9.84. The van der Waals surface area contributed by atoms with Crippen molar-refractivity contribution < 1.29 is 13.9 Å². The van der Waals surface area contributed by atoms with Gasteiger partial charge in [0.2, 0.25) is 0 Å². The van der Waals surface area contributed by atoms with Crippen LogP contribution in [0.15, 0.2) is 55.1 Å². The molecule has 2 atom stereocenters. The molecular formula is C24H26F2N6O. The minimum absolute atomic E-state index is 0.0232.